The lowest BCUT2D eigenvalue weighted by molar-refractivity contribution is -0.0861. The van der Waals surface area contributed by atoms with Gasteiger partial charge in [0, 0.05) is 23.8 Å². The van der Waals surface area contributed by atoms with Gasteiger partial charge in [0.25, 0.3) is 0 Å². The van der Waals surface area contributed by atoms with Crippen LogP contribution < -0.4 is 0 Å². The van der Waals surface area contributed by atoms with E-state index >= 15 is 0 Å². The van der Waals surface area contributed by atoms with Gasteiger partial charge in [-0.3, -0.25) is 4.57 Å². The number of aromatic nitrogens is 1. The van der Waals surface area contributed by atoms with Crippen molar-refractivity contribution in [3.8, 4) is 23.5 Å². The number of aliphatic hydroxyl groups excluding tert-OH is 1. The van der Waals surface area contributed by atoms with Crippen molar-refractivity contribution in [1.82, 2.24) is 4.57 Å². The number of rotatable bonds is 5. The summed E-state index contributed by atoms with van der Waals surface area (Å²) in [6, 6.07) is 13.0. The summed E-state index contributed by atoms with van der Waals surface area (Å²) < 4.78 is 7.80. The lowest BCUT2D eigenvalue weighted by Gasteiger charge is -2.27. The summed E-state index contributed by atoms with van der Waals surface area (Å²) in [5.74, 6) is -0.178. The maximum Gasteiger partial charge on any atom is 0.205 e. The minimum absolute atomic E-state index is 0.0741. The number of hydrogen-bond donors (Lipinski definition) is 3. The summed E-state index contributed by atoms with van der Waals surface area (Å²) in [6.07, 6.45) is 5.59. The molecule has 152 valence electrons. The molecule has 0 aliphatic carbocycles. The van der Waals surface area contributed by atoms with Crippen LogP contribution in [-0.2, 0) is 15.9 Å². The second-order valence-corrected chi connectivity index (χ2v) is 7.96. The quantitative estimate of drug-likeness (QED) is 0.559. The molecule has 6 nitrogen and oxygen atoms in total. The maximum atomic E-state index is 11.3. The Labute approximate surface area is 173 Å². The monoisotopic (exact) mass is 402 g/mol. The highest BCUT2D eigenvalue weighted by Crippen LogP contribution is 2.63. The zero-order valence-electron chi connectivity index (χ0n) is 16.6. The molecule has 3 aromatic rings. The summed E-state index contributed by atoms with van der Waals surface area (Å²) in [6.45, 7) is 1.93. The summed E-state index contributed by atoms with van der Waals surface area (Å²) in [5.41, 5.74) is 0.393. The Kier molecular flexibility index (Phi) is 3.97. The maximum absolute atomic E-state index is 11.3. The number of nitriles is 1. The van der Waals surface area contributed by atoms with E-state index in [1.165, 1.54) is 4.57 Å². The zero-order chi connectivity index (χ0) is 21.1. The van der Waals surface area contributed by atoms with E-state index in [0.29, 0.717) is 28.8 Å². The van der Waals surface area contributed by atoms with Crippen LogP contribution in [0.2, 0.25) is 0 Å². The number of fused-ring (bicyclic) bond motifs is 6. The van der Waals surface area contributed by atoms with Crippen LogP contribution >= 0.6 is 0 Å². The van der Waals surface area contributed by atoms with E-state index in [1.54, 1.807) is 12.1 Å². The first kappa shape index (κ1) is 18.7. The largest absolute Gasteiger partial charge is 0.494 e. The fraction of sp³-hybridized carbons (Fsp3) is 0.292. The topological polar surface area (TPSA) is 98.6 Å². The van der Waals surface area contributed by atoms with Crippen molar-refractivity contribution in [3.05, 3.63) is 65.2 Å². The lowest BCUT2D eigenvalue weighted by Crippen LogP contribution is -2.25. The number of ether oxygens (including phenoxy) is 1. The molecule has 0 saturated heterocycles. The van der Waals surface area contributed by atoms with Crippen LogP contribution in [0.4, 0.5) is 0 Å². The molecule has 2 atom stereocenters. The van der Waals surface area contributed by atoms with E-state index in [2.05, 4.69) is 6.07 Å². The Morgan fingerprint density at radius 3 is 2.20 bits per heavy atom. The summed E-state index contributed by atoms with van der Waals surface area (Å²) in [7, 11) is 0. The minimum atomic E-state index is -0.964. The van der Waals surface area contributed by atoms with E-state index in [1.807, 2.05) is 43.3 Å². The number of hydrogen-bond acceptors (Lipinski definition) is 5. The van der Waals surface area contributed by atoms with Gasteiger partial charge >= 0.3 is 0 Å². The summed E-state index contributed by atoms with van der Waals surface area (Å²) >= 11 is 0. The Bertz CT molecular complexity index is 1210. The number of benzene rings is 2. The van der Waals surface area contributed by atoms with Crippen LogP contribution in [-0.4, -0.2) is 26.5 Å². The smallest absolute Gasteiger partial charge is 0.205 e. The van der Waals surface area contributed by atoms with E-state index in [0.717, 1.165) is 17.2 Å². The van der Waals surface area contributed by atoms with Crippen molar-refractivity contribution in [2.45, 2.75) is 37.4 Å². The molecule has 2 bridgehead atoms. The molecule has 6 heteroatoms. The Morgan fingerprint density at radius 1 is 0.967 bits per heavy atom. The molecule has 2 aliphatic rings. The van der Waals surface area contributed by atoms with Gasteiger partial charge in [0.15, 0.2) is 0 Å². The molecule has 0 radical (unpaired) electrons. The third-order valence-corrected chi connectivity index (χ3v) is 6.32. The molecule has 0 spiro atoms. The molecule has 0 unspecified atom stereocenters. The van der Waals surface area contributed by atoms with E-state index < -0.39 is 11.2 Å². The van der Waals surface area contributed by atoms with Crippen molar-refractivity contribution < 1.29 is 20.1 Å². The van der Waals surface area contributed by atoms with Crippen LogP contribution in [0.25, 0.3) is 16.5 Å². The number of nitrogens with zero attached hydrogens (tertiary/aromatic N) is 2. The summed E-state index contributed by atoms with van der Waals surface area (Å²) in [4.78, 5) is 0. The first-order valence-electron chi connectivity index (χ1n) is 10.1. The molecule has 3 N–H and O–H groups in total. The van der Waals surface area contributed by atoms with Crippen LogP contribution in [0, 0.1) is 11.3 Å². The molecule has 1 aromatic heterocycles. The first-order chi connectivity index (χ1) is 14.5. The van der Waals surface area contributed by atoms with Crippen LogP contribution in [0.1, 0.15) is 42.9 Å². The fourth-order valence-corrected chi connectivity index (χ4v) is 5.14. The molecule has 3 heterocycles. The second-order valence-electron chi connectivity index (χ2n) is 7.96. The Balaban J connectivity index is 1.82. The summed E-state index contributed by atoms with van der Waals surface area (Å²) in [5, 5.41) is 43.3. The van der Waals surface area contributed by atoms with Crippen molar-refractivity contribution in [3.63, 3.8) is 0 Å². The average Bonchev–Trinajstić information content (AvgIpc) is 3.34. The van der Waals surface area contributed by atoms with Crippen LogP contribution in [0.5, 0.6) is 11.8 Å². The van der Waals surface area contributed by atoms with Gasteiger partial charge < -0.3 is 20.1 Å². The van der Waals surface area contributed by atoms with Gasteiger partial charge in [-0.25, -0.2) is 0 Å². The van der Waals surface area contributed by atoms with Gasteiger partial charge in [-0.15, -0.1) is 0 Å². The molecule has 30 heavy (non-hydrogen) atoms. The van der Waals surface area contributed by atoms with Gasteiger partial charge in [0.1, 0.15) is 11.2 Å². The molecular weight excluding hydrogens is 380 g/mol. The highest BCUT2D eigenvalue weighted by molar-refractivity contribution is 5.95. The average molecular weight is 402 g/mol. The predicted molar refractivity (Wildman–Crippen MR) is 112 cm³/mol. The van der Waals surface area contributed by atoms with Crippen molar-refractivity contribution >= 4 is 10.8 Å². The SMILES string of the molecule is CCC[C@]12C=C[C@](CCO)(O1)c1c2c(O)n(-c2ccc(C#N)c3ccccc23)c1O. The van der Waals surface area contributed by atoms with Crippen molar-refractivity contribution in [1.29, 1.82) is 5.26 Å². The van der Waals surface area contributed by atoms with Gasteiger partial charge in [0.05, 0.1) is 28.4 Å². The molecule has 0 amide bonds. The van der Waals surface area contributed by atoms with Gasteiger partial charge in [0.2, 0.25) is 11.8 Å². The normalized spacial score (nSPS) is 23.8. The van der Waals surface area contributed by atoms with Crippen LogP contribution in [0.15, 0.2) is 48.6 Å². The molecule has 0 saturated carbocycles. The predicted octanol–water partition coefficient (Wildman–Crippen LogP) is 4.09. The van der Waals surface area contributed by atoms with Crippen molar-refractivity contribution in [2.75, 3.05) is 6.61 Å². The molecule has 5 rings (SSSR count). The highest BCUT2D eigenvalue weighted by Gasteiger charge is 2.60. The molecule has 2 aromatic carbocycles. The van der Waals surface area contributed by atoms with E-state index in [9.17, 15) is 20.6 Å². The Morgan fingerprint density at radius 2 is 1.60 bits per heavy atom. The minimum Gasteiger partial charge on any atom is -0.494 e. The van der Waals surface area contributed by atoms with Crippen molar-refractivity contribution in [2.24, 2.45) is 0 Å². The van der Waals surface area contributed by atoms with Gasteiger partial charge in [-0.1, -0.05) is 37.6 Å². The molecule has 0 fully saturated rings. The van der Waals surface area contributed by atoms with E-state index in [-0.39, 0.29) is 24.8 Å². The number of aliphatic hydroxyl groups is 1. The molecule has 2 aliphatic heterocycles. The zero-order valence-corrected chi connectivity index (χ0v) is 16.6. The van der Waals surface area contributed by atoms with Gasteiger partial charge in [-0.05, 0) is 30.7 Å². The lowest BCUT2D eigenvalue weighted by atomic mass is 9.81. The van der Waals surface area contributed by atoms with E-state index in [4.69, 9.17) is 4.74 Å². The third kappa shape index (κ3) is 2.19. The Hall–Kier alpha value is -3.27. The van der Waals surface area contributed by atoms with Crippen LogP contribution in [0.3, 0.4) is 0 Å². The first-order valence-corrected chi connectivity index (χ1v) is 10.1. The molecular formula is C24H22N2O4. The number of aromatic hydroxyl groups is 2. The third-order valence-electron chi connectivity index (χ3n) is 6.32. The highest BCUT2D eigenvalue weighted by atomic mass is 16.5. The van der Waals surface area contributed by atoms with Gasteiger partial charge in [-0.2, -0.15) is 5.26 Å². The fourth-order valence-electron chi connectivity index (χ4n) is 5.14. The second kappa shape index (κ2) is 6.36. The standard InChI is InChI=1S/C24H22N2O4/c1-2-9-23-10-11-24(30-23,12-13-27)20-19(23)21(28)26(22(20)29)18-8-7-15(14-25)16-5-3-4-6-17(16)18/h3-8,10-11,27-29H,2,9,12-13H2,1H3/t23-,24-/m1/s1.